The lowest BCUT2D eigenvalue weighted by Crippen LogP contribution is -2.19. The van der Waals surface area contributed by atoms with E-state index in [9.17, 15) is 10.1 Å². The molecule has 2 rings (SSSR count). The van der Waals surface area contributed by atoms with Crippen LogP contribution in [0.5, 0.6) is 0 Å². The van der Waals surface area contributed by atoms with Gasteiger partial charge in [-0.2, -0.15) is 0 Å². The summed E-state index contributed by atoms with van der Waals surface area (Å²) in [5.41, 5.74) is 0.627. The molecule has 2 heterocycles. The molecule has 0 spiro atoms. The van der Waals surface area contributed by atoms with Gasteiger partial charge in [0.2, 0.25) is 0 Å². The fraction of sp³-hybridized carbons (Fsp3) is 0.375. The van der Waals surface area contributed by atoms with E-state index in [1.54, 1.807) is 23.9 Å². The van der Waals surface area contributed by atoms with Crippen molar-refractivity contribution in [2.24, 2.45) is 0 Å². The van der Waals surface area contributed by atoms with Gasteiger partial charge in [-0.15, -0.1) is 11.8 Å². The summed E-state index contributed by atoms with van der Waals surface area (Å²) in [7, 11) is 0. The highest BCUT2D eigenvalue weighted by Gasteiger charge is 2.22. The van der Waals surface area contributed by atoms with Gasteiger partial charge in [-0.25, -0.2) is 0 Å². The van der Waals surface area contributed by atoms with Gasteiger partial charge in [0.25, 0.3) is 0 Å². The molecule has 0 unspecified atom stereocenters. The van der Waals surface area contributed by atoms with Crippen LogP contribution in [0.15, 0.2) is 18.3 Å². The van der Waals surface area contributed by atoms with E-state index < -0.39 is 4.92 Å². The van der Waals surface area contributed by atoms with Crippen molar-refractivity contribution in [1.29, 1.82) is 0 Å². The molecule has 0 N–H and O–H groups in total. The van der Waals surface area contributed by atoms with Crippen molar-refractivity contribution in [3.05, 3.63) is 28.4 Å². The predicted octanol–water partition coefficient (Wildman–Crippen LogP) is 1.50. The third-order valence-corrected chi connectivity index (χ3v) is 3.00. The van der Waals surface area contributed by atoms with Crippen molar-refractivity contribution in [3.63, 3.8) is 0 Å². The van der Waals surface area contributed by atoms with Gasteiger partial charge in [0.1, 0.15) is 11.9 Å². The van der Waals surface area contributed by atoms with Crippen LogP contribution in [0.1, 0.15) is 0 Å². The van der Waals surface area contributed by atoms with Crippen LogP contribution in [-0.2, 0) is 0 Å². The third-order valence-electron chi connectivity index (χ3n) is 2.03. The molecule has 1 aromatic heterocycles. The van der Waals surface area contributed by atoms with Gasteiger partial charge in [-0.3, -0.25) is 0 Å². The summed E-state index contributed by atoms with van der Waals surface area (Å²) >= 11 is 1.77. The lowest BCUT2D eigenvalue weighted by atomic mass is 10.3. The van der Waals surface area contributed by atoms with E-state index in [2.05, 4.69) is 4.98 Å². The number of hydrogen-bond donors (Lipinski definition) is 0. The lowest BCUT2D eigenvalue weighted by molar-refractivity contribution is -0.388. The second kappa shape index (κ2) is 3.83. The smallest absolute Gasteiger partial charge is 0.358 e. The van der Waals surface area contributed by atoms with E-state index >= 15 is 0 Å². The summed E-state index contributed by atoms with van der Waals surface area (Å²) in [5, 5.41) is 10.7. The highest BCUT2D eigenvalue weighted by molar-refractivity contribution is 7.99. The van der Waals surface area contributed by atoms with Gasteiger partial charge < -0.3 is 15.0 Å². The monoisotopic (exact) mass is 211 g/mol. The molecule has 1 saturated heterocycles. The van der Waals surface area contributed by atoms with E-state index in [-0.39, 0.29) is 5.82 Å². The second-order valence-corrected chi connectivity index (χ2v) is 3.98. The maximum absolute atomic E-state index is 10.7. The molecule has 0 aliphatic carbocycles. The molecule has 5 nitrogen and oxygen atoms in total. The minimum atomic E-state index is -0.432. The first-order valence-corrected chi connectivity index (χ1v) is 5.36. The minimum Gasteiger partial charge on any atom is -0.358 e. The van der Waals surface area contributed by atoms with Crippen molar-refractivity contribution in [2.45, 2.75) is 0 Å². The zero-order chi connectivity index (χ0) is 9.97. The van der Waals surface area contributed by atoms with Crippen LogP contribution in [0.2, 0.25) is 0 Å². The third kappa shape index (κ3) is 1.65. The number of nitrogens with zero attached hydrogens (tertiary/aromatic N) is 3. The molecule has 14 heavy (non-hydrogen) atoms. The number of thioether (sulfide) groups is 1. The van der Waals surface area contributed by atoms with Crippen LogP contribution < -0.4 is 4.90 Å². The van der Waals surface area contributed by atoms with Crippen molar-refractivity contribution >= 4 is 23.3 Å². The average Bonchev–Trinajstić information content (AvgIpc) is 2.70. The molecule has 0 aromatic carbocycles. The lowest BCUT2D eigenvalue weighted by Gasteiger charge is -2.15. The molecule has 1 aliphatic heterocycles. The van der Waals surface area contributed by atoms with Crippen LogP contribution in [-0.4, -0.2) is 28.1 Å². The summed E-state index contributed by atoms with van der Waals surface area (Å²) in [6.07, 6.45) is 1.45. The predicted molar refractivity (Wildman–Crippen MR) is 55.6 cm³/mol. The topological polar surface area (TPSA) is 59.3 Å². The van der Waals surface area contributed by atoms with Gasteiger partial charge in [-0.1, -0.05) is 0 Å². The highest BCUT2D eigenvalue weighted by Crippen LogP contribution is 2.29. The molecule has 1 aromatic rings. The van der Waals surface area contributed by atoms with E-state index in [0.717, 1.165) is 18.2 Å². The van der Waals surface area contributed by atoms with Gasteiger partial charge >= 0.3 is 5.82 Å². The fourth-order valence-corrected chi connectivity index (χ4v) is 2.35. The Morgan fingerprint density at radius 3 is 3.14 bits per heavy atom. The minimum absolute atomic E-state index is 0.0463. The summed E-state index contributed by atoms with van der Waals surface area (Å²) in [6.45, 7) is 0.858. The first-order valence-electron chi connectivity index (χ1n) is 4.21. The van der Waals surface area contributed by atoms with Crippen molar-refractivity contribution < 1.29 is 4.92 Å². The van der Waals surface area contributed by atoms with E-state index in [1.165, 1.54) is 6.20 Å². The van der Waals surface area contributed by atoms with Gasteiger partial charge in [-0.05, 0) is 22.0 Å². The Morgan fingerprint density at radius 1 is 1.64 bits per heavy atom. The summed E-state index contributed by atoms with van der Waals surface area (Å²) < 4.78 is 0. The number of nitro groups is 1. The average molecular weight is 211 g/mol. The number of pyridine rings is 1. The molecule has 1 fully saturated rings. The second-order valence-electron chi connectivity index (χ2n) is 2.90. The van der Waals surface area contributed by atoms with Crippen LogP contribution in [0.3, 0.4) is 0 Å². The number of anilines is 1. The van der Waals surface area contributed by atoms with E-state index in [0.29, 0.717) is 5.69 Å². The van der Waals surface area contributed by atoms with Gasteiger partial charge in [0, 0.05) is 12.3 Å². The zero-order valence-corrected chi connectivity index (χ0v) is 8.24. The van der Waals surface area contributed by atoms with Crippen LogP contribution >= 0.6 is 11.8 Å². The van der Waals surface area contributed by atoms with Crippen LogP contribution in [0.25, 0.3) is 0 Å². The zero-order valence-electron chi connectivity index (χ0n) is 7.42. The first-order chi connectivity index (χ1) is 6.79. The maximum Gasteiger partial charge on any atom is 0.387 e. The van der Waals surface area contributed by atoms with E-state index in [1.807, 2.05) is 4.90 Å². The highest BCUT2D eigenvalue weighted by atomic mass is 32.2. The van der Waals surface area contributed by atoms with Gasteiger partial charge in [0.15, 0.2) is 0 Å². The summed E-state index contributed by atoms with van der Waals surface area (Å²) in [5.74, 6) is 1.79. The molecule has 1 aliphatic rings. The maximum atomic E-state index is 10.7. The number of aromatic nitrogens is 1. The first kappa shape index (κ1) is 9.26. The molecule has 0 amide bonds. The van der Waals surface area contributed by atoms with E-state index in [4.69, 9.17) is 0 Å². The summed E-state index contributed by atoms with van der Waals surface area (Å²) in [6, 6.07) is 3.47. The standard InChI is InChI=1S/C8H9N3O2S/c12-11(13)8-7(2-1-3-9-8)10-4-5-14-6-10/h1-3H,4-6H2. The summed E-state index contributed by atoms with van der Waals surface area (Å²) in [4.78, 5) is 16.0. The SMILES string of the molecule is O=[N+]([O-])c1ncccc1N1CCSC1. The molecule has 0 bridgehead atoms. The Bertz CT molecular complexity index is 352. The Kier molecular flexibility index (Phi) is 2.53. The Balaban J connectivity index is 2.35. The van der Waals surface area contributed by atoms with Crippen LogP contribution in [0.4, 0.5) is 11.5 Å². The van der Waals surface area contributed by atoms with Crippen molar-refractivity contribution in [3.8, 4) is 0 Å². The normalized spacial score (nSPS) is 15.9. The Morgan fingerprint density at radius 2 is 2.50 bits per heavy atom. The quantitative estimate of drug-likeness (QED) is 0.548. The molecular weight excluding hydrogens is 202 g/mol. The largest absolute Gasteiger partial charge is 0.387 e. The Hall–Kier alpha value is -1.30. The molecule has 0 atom stereocenters. The molecule has 74 valence electrons. The van der Waals surface area contributed by atoms with Crippen molar-refractivity contribution in [2.75, 3.05) is 23.1 Å². The molecular formula is C8H9N3O2S. The van der Waals surface area contributed by atoms with Crippen molar-refractivity contribution in [1.82, 2.24) is 4.98 Å². The number of hydrogen-bond acceptors (Lipinski definition) is 5. The fourth-order valence-electron chi connectivity index (χ4n) is 1.38. The van der Waals surface area contributed by atoms with Crippen LogP contribution in [0, 0.1) is 10.1 Å². The molecule has 0 radical (unpaired) electrons. The molecule has 6 heteroatoms. The number of rotatable bonds is 2. The molecule has 0 saturated carbocycles. The Labute approximate surface area is 85.3 Å². The van der Waals surface area contributed by atoms with Gasteiger partial charge in [0.05, 0.1) is 5.88 Å².